The predicted octanol–water partition coefficient (Wildman–Crippen LogP) is 2.72. The first kappa shape index (κ1) is 15.5. The van der Waals surface area contributed by atoms with Gasteiger partial charge in [-0.15, -0.1) is 0 Å². The van der Waals surface area contributed by atoms with Crippen LogP contribution < -0.4 is 9.04 Å². The Labute approximate surface area is 113 Å². The van der Waals surface area contributed by atoms with Gasteiger partial charge in [-0.1, -0.05) is 6.58 Å². The Morgan fingerprint density at radius 2 is 1.89 bits per heavy atom. The molecule has 106 valence electrons. The van der Waals surface area contributed by atoms with Crippen LogP contribution in [0.5, 0.6) is 5.75 Å². The van der Waals surface area contributed by atoms with Crippen LogP contribution in [0.4, 0.5) is 10.1 Å². The molecule has 0 saturated heterocycles. The van der Waals surface area contributed by atoms with Crippen molar-refractivity contribution >= 4 is 15.7 Å². The first-order valence-corrected chi connectivity index (χ1v) is 7.18. The molecule has 0 fully saturated rings. The summed E-state index contributed by atoms with van der Waals surface area (Å²) in [4.78, 5) is 0. The highest BCUT2D eigenvalue weighted by Crippen LogP contribution is 2.25. The highest BCUT2D eigenvalue weighted by atomic mass is 32.2. The quantitative estimate of drug-likeness (QED) is 0.808. The zero-order valence-electron chi connectivity index (χ0n) is 11.3. The average Bonchev–Trinajstić information content (AvgIpc) is 2.35. The molecule has 0 aliphatic carbocycles. The van der Waals surface area contributed by atoms with Crippen LogP contribution in [-0.2, 0) is 10.0 Å². The molecular formula is C13H18FNO3S. The lowest BCUT2D eigenvalue weighted by Crippen LogP contribution is -2.39. The van der Waals surface area contributed by atoms with Crippen molar-refractivity contribution < 1.29 is 17.5 Å². The number of sulfonamides is 1. The fourth-order valence-corrected chi connectivity index (χ4v) is 2.59. The van der Waals surface area contributed by atoms with E-state index in [1.807, 2.05) is 0 Å². The number of benzene rings is 1. The Hall–Kier alpha value is -1.56. The lowest BCUT2D eigenvalue weighted by Gasteiger charge is -2.27. The molecule has 0 amide bonds. The molecule has 0 aromatic heterocycles. The van der Waals surface area contributed by atoms with Gasteiger partial charge in [0.1, 0.15) is 11.4 Å². The second kappa shape index (κ2) is 5.61. The molecule has 1 aromatic carbocycles. The number of halogens is 1. The van der Waals surface area contributed by atoms with Crippen LogP contribution in [0, 0.1) is 0 Å². The fraction of sp³-hybridized carbons (Fsp3) is 0.385. The van der Waals surface area contributed by atoms with Gasteiger partial charge in [0.05, 0.1) is 19.3 Å². The van der Waals surface area contributed by atoms with Crippen molar-refractivity contribution in [3.63, 3.8) is 0 Å². The standard InChI is InChI=1S/C13H18FNO3S/c1-5-19(16,17)15(10-13(2,3)14)11-6-8-12(18-4)9-7-11/h5-9H,1,10H2,2-4H3. The molecule has 0 heterocycles. The molecule has 4 nitrogen and oxygen atoms in total. The maximum atomic E-state index is 13.8. The smallest absolute Gasteiger partial charge is 0.256 e. The summed E-state index contributed by atoms with van der Waals surface area (Å²) in [5.41, 5.74) is -1.29. The van der Waals surface area contributed by atoms with Crippen molar-refractivity contribution in [2.24, 2.45) is 0 Å². The van der Waals surface area contributed by atoms with E-state index in [0.29, 0.717) is 11.4 Å². The molecular weight excluding hydrogens is 269 g/mol. The third-order valence-corrected chi connectivity index (χ3v) is 3.77. The van der Waals surface area contributed by atoms with Gasteiger partial charge in [0.25, 0.3) is 10.0 Å². The monoisotopic (exact) mass is 287 g/mol. The first-order valence-electron chi connectivity index (χ1n) is 5.68. The van der Waals surface area contributed by atoms with Crippen LogP contribution in [-0.4, -0.2) is 27.7 Å². The molecule has 0 unspecified atom stereocenters. The molecule has 0 saturated carbocycles. The lowest BCUT2D eigenvalue weighted by molar-refractivity contribution is 0.229. The van der Waals surface area contributed by atoms with Gasteiger partial charge in [0.15, 0.2) is 0 Å². The van der Waals surface area contributed by atoms with Crippen LogP contribution in [0.2, 0.25) is 0 Å². The molecule has 0 radical (unpaired) electrons. The van der Waals surface area contributed by atoms with Crippen LogP contribution in [0.3, 0.4) is 0 Å². The molecule has 0 atom stereocenters. The Morgan fingerprint density at radius 1 is 1.37 bits per heavy atom. The van der Waals surface area contributed by atoms with Crippen molar-refractivity contribution in [3.8, 4) is 5.75 Å². The number of hydrogen-bond donors (Lipinski definition) is 0. The first-order chi connectivity index (χ1) is 8.69. The van der Waals surface area contributed by atoms with Crippen molar-refractivity contribution in [3.05, 3.63) is 36.3 Å². The summed E-state index contributed by atoms with van der Waals surface area (Å²) in [6, 6.07) is 6.36. The van der Waals surface area contributed by atoms with Crippen LogP contribution in [0.25, 0.3) is 0 Å². The molecule has 0 N–H and O–H groups in total. The normalized spacial score (nSPS) is 12.0. The van der Waals surface area contributed by atoms with Crippen LogP contribution >= 0.6 is 0 Å². The van der Waals surface area contributed by atoms with Gasteiger partial charge in [-0.25, -0.2) is 12.8 Å². The molecule has 6 heteroatoms. The van der Waals surface area contributed by atoms with Crippen molar-refractivity contribution in [2.75, 3.05) is 18.0 Å². The SMILES string of the molecule is C=CS(=O)(=O)N(CC(C)(C)F)c1ccc(OC)cc1. The van der Waals surface area contributed by atoms with Gasteiger partial charge in [0.2, 0.25) is 0 Å². The van der Waals surface area contributed by atoms with Crippen molar-refractivity contribution in [2.45, 2.75) is 19.5 Å². The summed E-state index contributed by atoms with van der Waals surface area (Å²) in [5.74, 6) is 0.596. The number of rotatable bonds is 6. The topological polar surface area (TPSA) is 46.6 Å². The molecule has 19 heavy (non-hydrogen) atoms. The van der Waals surface area contributed by atoms with Gasteiger partial charge in [-0.3, -0.25) is 4.31 Å². The zero-order valence-corrected chi connectivity index (χ0v) is 12.1. The van der Waals surface area contributed by atoms with E-state index in [4.69, 9.17) is 4.74 Å². The summed E-state index contributed by atoms with van der Waals surface area (Å²) < 4.78 is 43.6. The van der Waals surface area contributed by atoms with Gasteiger partial charge in [-0.05, 0) is 38.1 Å². The lowest BCUT2D eigenvalue weighted by atomic mass is 10.1. The molecule has 0 bridgehead atoms. The Bertz CT molecular complexity index is 532. The van der Waals surface area contributed by atoms with E-state index in [1.54, 1.807) is 24.3 Å². The Morgan fingerprint density at radius 3 is 2.26 bits per heavy atom. The summed E-state index contributed by atoms with van der Waals surface area (Å²) in [5, 5.41) is 0.809. The minimum Gasteiger partial charge on any atom is -0.497 e. The zero-order chi connectivity index (χ0) is 14.7. The van der Waals surface area contributed by atoms with Crippen molar-refractivity contribution in [1.29, 1.82) is 0 Å². The van der Waals surface area contributed by atoms with Crippen LogP contribution in [0.1, 0.15) is 13.8 Å². The van der Waals surface area contributed by atoms with E-state index in [0.717, 1.165) is 9.71 Å². The number of nitrogens with zero attached hydrogens (tertiary/aromatic N) is 1. The molecule has 0 aliphatic rings. The summed E-state index contributed by atoms with van der Waals surface area (Å²) in [6.07, 6.45) is 0. The van der Waals surface area contributed by atoms with Gasteiger partial charge in [0, 0.05) is 5.41 Å². The molecule has 0 aliphatic heterocycles. The number of ether oxygens (including phenoxy) is 1. The average molecular weight is 287 g/mol. The number of methoxy groups -OCH3 is 1. The maximum absolute atomic E-state index is 13.8. The summed E-state index contributed by atoms with van der Waals surface area (Å²) >= 11 is 0. The maximum Gasteiger partial charge on any atom is 0.256 e. The molecule has 1 rings (SSSR count). The number of alkyl halides is 1. The third kappa shape index (κ3) is 4.24. The van der Waals surface area contributed by atoms with E-state index < -0.39 is 15.7 Å². The summed E-state index contributed by atoms with van der Waals surface area (Å²) in [7, 11) is -2.24. The number of hydrogen-bond acceptors (Lipinski definition) is 3. The molecule has 1 aromatic rings. The van der Waals surface area contributed by atoms with Crippen molar-refractivity contribution in [1.82, 2.24) is 0 Å². The van der Waals surface area contributed by atoms with E-state index in [1.165, 1.54) is 21.0 Å². The second-order valence-electron chi connectivity index (χ2n) is 4.63. The number of anilines is 1. The molecule has 0 spiro atoms. The largest absolute Gasteiger partial charge is 0.497 e. The van der Waals surface area contributed by atoms with Gasteiger partial charge >= 0.3 is 0 Å². The van der Waals surface area contributed by atoms with E-state index in [-0.39, 0.29) is 6.54 Å². The summed E-state index contributed by atoms with van der Waals surface area (Å²) in [6.45, 7) is 5.62. The minimum atomic E-state index is -3.75. The fourth-order valence-electron chi connectivity index (χ4n) is 1.51. The van der Waals surface area contributed by atoms with E-state index in [2.05, 4.69) is 6.58 Å². The Balaban J connectivity index is 3.19. The highest BCUT2D eigenvalue weighted by molar-refractivity contribution is 7.95. The second-order valence-corrected chi connectivity index (χ2v) is 6.44. The predicted molar refractivity (Wildman–Crippen MR) is 74.6 cm³/mol. The Kier molecular flexibility index (Phi) is 4.57. The minimum absolute atomic E-state index is 0.284. The van der Waals surface area contributed by atoms with Gasteiger partial charge < -0.3 is 4.74 Å². The van der Waals surface area contributed by atoms with Crippen LogP contribution in [0.15, 0.2) is 36.3 Å². The van der Waals surface area contributed by atoms with E-state index >= 15 is 0 Å². The van der Waals surface area contributed by atoms with E-state index in [9.17, 15) is 12.8 Å². The third-order valence-electron chi connectivity index (χ3n) is 2.40. The highest BCUT2D eigenvalue weighted by Gasteiger charge is 2.27. The van der Waals surface area contributed by atoms with Gasteiger partial charge in [-0.2, -0.15) is 0 Å².